The molecule has 0 spiro atoms. The number of rotatable bonds is 7. The molecule has 1 N–H and O–H groups in total. The molecule has 1 aromatic rings. The smallest absolute Gasteiger partial charge is 0.322 e. The first-order valence-corrected chi connectivity index (χ1v) is 7.50. The largest absolute Gasteiger partial charge is 0.463 e. The van der Waals surface area contributed by atoms with E-state index in [0.717, 1.165) is 32.4 Å². The van der Waals surface area contributed by atoms with E-state index < -0.39 is 0 Å². The molecule has 0 amide bonds. The zero-order valence-corrected chi connectivity index (χ0v) is 12.7. The number of ether oxygens (including phenoxy) is 2. The van der Waals surface area contributed by atoms with Gasteiger partial charge in [0.1, 0.15) is 0 Å². The summed E-state index contributed by atoms with van der Waals surface area (Å²) < 4.78 is 11.0. The van der Waals surface area contributed by atoms with Crippen LogP contribution in [0.25, 0.3) is 0 Å². The minimum Gasteiger partial charge on any atom is -0.463 e. The molecule has 0 saturated carbocycles. The molecule has 2 rings (SSSR count). The third-order valence-electron chi connectivity index (χ3n) is 3.29. The summed E-state index contributed by atoms with van der Waals surface area (Å²) in [5.41, 5.74) is 0. The second-order valence-electron chi connectivity index (χ2n) is 4.81. The predicted molar refractivity (Wildman–Crippen MR) is 77.3 cm³/mol. The first-order chi connectivity index (χ1) is 9.72. The Labute approximate surface area is 124 Å². The van der Waals surface area contributed by atoms with Crippen molar-refractivity contribution >= 4 is 17.5 Å². The highest BCUT2D eigenvalue weighted by Gasteiger charge is 2.26. The molecule has 2 heterocycles. The minimum absolute atomic E-state index is 0.142. The van der Waals surface area contributed by atoms with Crippen LogP contribution in [-0.4, -0.2) is 40.8 Å². The molecule has 0 radical (unpaired) electrons. The Hall–Kier alpha value is -1.14. The summed E-state index contributed by atoms with van der Waals surface area (Å²) in [5, 5.41) is 3.34. The van der Waals surface area contributed by atoms with Crippen LogP contribution in [0.3, 0.4) is 0 Å². The van der Waals surface area contributed by atoms with Gasteiger partial charge in [0, 0.05) is 19.1 Å². The van der Waals surface area contributed by atoms with Gasteiger partial charge in [-0.25, -0.2) is 0 Å². The van der Waals surface area contributed by atoms with E-state index in [4.69, 9.17) is 21.1 Å². The lowest BCUT2D eigenvalue weighted by Crippen LogP contribution is -2.23. The molecular formula is C13H21ClN4O2. The van der Waals surface area contributed by atoms with Gasteiger partial charge in [0.2, 0.25) is 11.2 Å². The van der Waals surface area contributed by atoms with Gasteiger partial charge in [0.25, 0.3) is 0 Å². The predicted octanol–water partition coefficient (Wildman–Crippen LogP) is 2.54. The minimum atomic E-state index is 0.142. The van der Waals surface area contributed by atoms with E-state index in [0.29, 0.717) is 24.6 Å². The molecule has 7 heteroatoms. The number of nitrogens with zero attached hydrogens (tertiary/aromatic N) is 3. The molecule has 1 aliphatic rings. The summed E-state index contributed by atoms with van der Waals surface area (Å²) in [4.78, 5) is 12.2. The fraction of sp³-hybridized carbons (Fsp3) is 0.769. The van der Waals surface area contributed by atoms with Crippen molar-refractivity contribution in [2.45, 2.75) is 39.2 Å². The van der Waals surface area contributed by atoms with Crippen LogP contribution in [0.5, 0.6) is 6.01 Å². The van der Waals surface area contributed by atoms with Gasteiger partial charge in [0.05, 0.1) is 12.7 Å². The van der Waals surface area contributed by atoms with Crippen LogP contribution in [0.1, 0.15) is 33.1 Å². The summed E-state index contributed by atoms with van der Waals surface area (Å²) in [6.45, 7) is 6.32. The lowest BCUT2D eigenvalue weighted by atomic mass is 10.00. The highest BCUT2D eigenvalue weighted by molar-refractivity contribution is 6.28. The number of hydrogen-bond donors (Lipinski definition) is 1. The number of halogens is 1. The maximum absolute atomic E-state index is 5.87. The van der Waals surface area contributed by atoms with E-state index in [-0.39, 0.29) is 11.3 Å². The van der Waals surface area contributed by atoms with Gasteiger partial charge in [-0.3, -0.25) is 0 Å². The molecule has 0 bridgehead atoms. The molecule has 2 unspecified atom stereocenters. The van der Waals surface area contributed by atoms with Crippen molar-refractivity contribution in [2.24, 2.45) is 5.92 Å². The summed E-state index contributed by atoms with van der Waals surface area (Å²) in [7, 11) is 0. The van der Waals surface area contributed by atoms with Crippen LogP contribution >= 0.6 is 11.6 Å². The number of anilines is 1. The van der Waals surface area contributed by atoms with Crippen LogP contribution in [0.2, 0.25) is 5.28 Å². The summed E-state index contributed by atoms with van der Waals surface area (Å²) >= 11 is 5.87. The number of nitrogens with one attached hydrogen (secondary N) is 1. The van der Waals surface area contributed by atoms with Crippen molar-refractivity contribution < 1.29 is 9.47 Å². The molecule has 1 fully saturated rings. The average Bonchev–Trinajstić information content (AvgIpc) is 2.90. The van der Waals surface area contributed by atoms with Crippen LogP contribution in [0.15, 0.2) is 0 Å². The Morgan fingerprint density at radius 1 is 1.35 bits per heavy atom. The Kier molecular flexibility index (Phi) is 5.79. The van der Waals surface area contributed by atoms with E-state index in [1.165, 1.54) is 0 Å². The Morgan fingerprint density at radius 3 is 2.95 bits per heavy atom. The Balaban J connectivity index is 1.93. The van der Waals surface area contributed by atoms with E-state index in [9.17, 15) is 0 Å². The number of hydrogen-bond acceptors (Lipinski definition) is 6. The van der Waals surface area contributed by atoms with Crippen LogP contribution in [0.4, 0.5) is 5.95 Å². The SMILES string of the molecule is CCCOc1nc(Cl)nc(NCC2CCOC2CC)n1. The summed E-state index contributed by atoms with van der Waals surface area (Å²) in [6, 6.07) is 0.268. The zero-order chi connectivity index (χ0) is 14.4. The van der Waals surface area contributed by atoms with E-state index in [2.05, 4.69) is 27.2 Å². The van der Waals surface area contributed by atoms with Crippen molar-refractivity contribution in [2.75, 3.05) is 25.1 Å². The van der Waals surface area contributed by atoms with Gasteiger partial charge in [0.15, 0.2) is 0 Å². The molecule has 112 valence electrons. The van der Waals surface area contributed by atoms with Crippen molar-refractivity contribution in [3.05, 3.63) is 5.28 Å². The Morgan fingerprint density at radius 2 is 2.20 bits per heavy atom. The van der Waals surface area contributed by atoms with Gasteiger partial charge in [-0.15, -0.1) is 0 Å². The molecule has 6 nitrogen and oxygen atoms in total. The third kappa shape index (κ3) is 4.18. The fourth-order valence-electron chi connectivity index (χ4n) is 2.27. The molecule has 1 aromatic heterocycles. The second-order valence-corrected chi connectivity index (χ2v) is 5.14. The Bertz CT molecular complexity index is 433. The van der Waals surface area contributed by atoms with Gasteiger partial charge in [-0.2, -0.15) is 15.0 Å². The zero-order valence-electron chi connectivity index (χ0n) is 11.9. The molecule has 1 aliphatic heterocycles. The summed E-state index contributed by atoms with van der Waals surface area (Å²) in [5.74, 6) is 0.938. The van der Waals surface area contributed by atoms with Crippen molar-refractivity contribution in [1.29, 1.82) is 0 Å². The third-order valence-corrected chi connectivity index (χ3v) is 3.46. The lowest BCUT2D eigenvalue weighted by molar-refractivity contribution is 0.0900. The van der Waals surface area contributed by atoms with Gasteiger partial charge < -0.3 is 14.8 Å². The van der Waals surface area contributed by atoms with Gasteiger partial charge in [-0.05, 0) is 30.9 Å². The van der Waals surface area contributed by atoms with Crippen molar-refractivity contribution in [3.63, 3.8) is 0 Å². The number of aromatic nitrogens is 3. The standard InChI is InChI=1S/C13H21ClN4O2/c1-3-6-20-13-17-11(14)16-12(18-13)15-8-9-5-7-19-10(9)4-2/h9-10H,3-8H2,1-2H3,(H,15,16,17,18). The normalized spacial score (nSPS) is 21.9. The van der Waals surface area contributed by atoms with E-state index in [1.807, 2.05) is 6.92 Å². The van der Waals surface area contributed by atoms with Crippen LogP contribution in [0, 0.1) is 5.92 Å². The maximum atomic E-state index is 5.87. The van der Waals surface area contributed by atoms with E-state index in [1.54, 1.807) is 0 Å². The average molecular weight is 301 g/mol. The fourth-order valence-corrected chi connectivity index (χ4v) is 2.42. The first kappa shape index (κ1) is 15.3. The van der Waals surface area contributed by atoms with Crippen molar-refractivity contribution in [3.8, 4) is 6.01 Å². The van der Waals surface area contributed by atoms with Crippen molar-refractivity contribution in [1.82, 2.24) is 15.0 Å². The highest BCUT2D eigenvalue weighted by atomic mass is 35.5. The summed E-state index contributed by atoms with van der Waals surface area (Å²) in [6.07, 6.45) is 3.29. The second kappa shape index (κ2) is 7.59. The molecule has 20 heavy (non-hydrogen) atoms. The highest BCUT2D eigenvalue weighted by Crippen LogP contribution is 2.23. The molecule has 0 aliphatic carbocycles. The first-order valence-electron chi connectivity index (χ1n) is 7.12. The van der Waals surface area contributed by atoms with Gasteiger partial charge in [-0.1, -0.05) is 13.8 Å². The quantitative estimate of drug-likeness (QED) is 0.834. The maximum Gasteiger partial charge on any atom is 0.322 e. The van der Waals surface area contributed by atoms with E-state index >= 15 is 0 Å². The molecular weight excluding hydrogens is 280 g/mol. The van der Waals surface area contributed by atoms with Gasteiger partial charge >= 0.3 is 6.01 Å². The monoisotopic (exact) mass is 300 g/mol. The molecule has 2 atom stereocenters. The van der Waals surface area contributed by atoms with Crippen LogP contribution in [-0.2, 0) is 4.74 Å². The lowest BCUT2D eigenvalue weighted by Gasteiger charge is -2.17. The molecule has 1 saturated heterocycles. The topological polar surface area (TPSA) is 69.2 Å². The molecule has 0 aromatic carbocycles. The van der Waals surface area contributed by atoms with Crippen LogP contribution < -0.4 is 10.1 Å².